The summed E-state index contributed by atoms with van der Waals surface area (Å²) in [7, 11) is -4.10. The molecule has 4 bridgehead atoms. The van der Waals surface area contributed by atoms with E-state index in [0.29, 0.717) is 23.4 Å². The van der Waals surface area contributed by atoms with Gasteiger partial charge in [0.15, 0.2) is 12.4 Å². The van der Waals surface area contributed by atoms with Crippen LogP contribution in [0, 0.1) is 23.2 Å². The number of ketones is 1. The topological polar surface area (TPSA) is 80.8 Å². The lowest BCUT2D eigenvalue weighted by molar-refractivity contribution is -0.147. The fraction of sp³-hybridized carbons (Fsp3) is 0.481. The highest BCUT2D eigenvalue weighted by Crippen LogP contribution is 2.60. The zero-order valence-corrected chi connectivity index (χ0v) is 22.4. The van der Waals surface area contributed by atoms with Crippen molar-refractivity contribution in [2.45, 2.75) is 50.3 Å². The first-order chi connectivity index (χ1) is 17.1. The van der Waals surface area contributed by atoms with Crippen molar-refractivity contribution in [3.05, 3.63) is 58.1 Å². The van der Waals surface area contributed by atoms with Gasteiger partial charge in [0, 0.05) is 12.0 Å². The van der Waals surface area contributed by atoms with E-state index >= 15 is 0 Å². The third kappa shape index (κ3) is 4.54. The number of hydrogen-bond acceptors (Lipinski definition) is 5. The maximum Gasteiger partial charge on any atom is 0.340 e. The van der Waals surface area contributed by atoms with Crippen molar-refractivity contribution >= 4 is 50.7 Å². The monoisotopic (exact) mass is 549 g/mol. The Morgan fingerprint density at radius 1 is 0.972 bits per heavy atom. The molecule has 192 valence electrons. The molecule has 0 amide bonds. The number of carbonyl (C=O) groups is 2. The number of benzene rings is 2. The number of para-hydroxylation sites is 1. The number of esters is 1. The number of halogens is 2. The molecular weight excluding hydrogens is 521 g/mol. The van der Waals surface area contributed by atoms with Crippen molar-refractivity contribution in [1.82, 2.24) is 0 Å². The summed E-state index contributed by atoms with van der Waals surface area (Å²) in [6.07, 6.45) is 6.27. The van der Waals surface area contributed by atoms with E-state index in [-0.39, 0.29) is 44.9 Å². The third-order valence-corrected chi connectivity index (χ3v) is 10.8. The van der Waals surface area contributed by atoms with Crippen LogP contribution in [0.5, 0.6) is 0 Å². The molecule has 9 heteroatoms. The summed E-state index contributed by atoms with van der Waals surface area (Å²) in [4.78, 5) is 26.0. The van der Waals surface area contributed by atoms with Gasteiger partial charge >= 0.3 is 5.97 Å². The molecule has 0 radical (unpaired) electrons. The molecule has 0 N–H and O–H groups in total. The second-order valence-electron chi connectivity index (χ2n) is 10.5. The molecule has 0 heterocycles. The van der Waals surface area contributed by atoms with Crippen LogP contribution in [0.25, 0.3) is 0 Å². The van der Waals surface area contributed by atoms with Crippen LogP contribution in [0.15, 0.2) is 47.4 Å². The van der Waals surface area contributed by atoms with E-state index in [1.165, 1.54) is 29.6 Å². The summed E-state index contributed by atoms with van der Waals surface area (Å²) in [5.41, 5.74) is -0.0525. The molecule has 0 aliphatic heterocycles. The van der Waals surface area contributed by atoms with Gasteiger partial charge in [0.25, 0.3) is 10.0 Å². The molecule has 4 saturated carbocycles. The number of rotatable bonds is 8. The zero-order valence-electron chi connectivity index (χ0n) is 20.1. The van der Waals surface area contributed by atoms with Crippen molar-refractivity contribution in [3.8, 4) is 0 Å². The highest BCUT2D eigenvalue weighted by molar-refractivity contribution is 7.93. The largest absolute Gasteiger partial charge is 0.454 e. The Balaban J connectivity index is 1.36. The highest BCUT2D eigenvalue weighted by Gasteiger charge is 2.54. The summed E-state index contributed by atoms with van der Waals surface area (Å²) in [6.45, 7) is 1.53. The number of ether oxygens (including phenoxy) is 1. The van der Waals surface area contributed by atoms with Gasteiger partial charge in [-0.1, -0.05) is 41.4 Å². The summed E-state index contributed by atoms with van der Waals surface area (Å²) in [5, 5.41) is -0.135. The number of nitrogens with zero attached hydrogens (tertiary/aromatic N) is 1. The van der Waals surface area contributed by atoms with Crippen molar-refractivity contribution in [2.75, 3.05) is 17.5 Å². The fourth-order valence-electron chi connectivity index (χ4n) is 6.90. The number of hydrogen-bond donors (Lipinski definition) is 0. The van der Waals surface area contributed by atoms with Crippen LogP contribution in [0.2, 0.25) is 10.0 Å². The van der Waals surface area contributed by atoms with Gasteiger partial charge in [-0.15, -0.1) is 0 Å². The van der Waals surface area contributed by atoms with Gasteiger partial charge in [-0.3, -0.25) is 9.10 Å². The van der Waals surface area contributed by atoms with Gasteiger partial charge in [-0.25, -0.2) is 13.2 Å². The maximum atomic E-state index is 13.5. The molecular formula is C27H29Cl2NO5S. The van der Waals surface area contributed by atoms with Crippen LogP contribution in [-0.2, 0) is 19.6 Å². The summed E-state index contributed by atoms with van der Waals surface area (Å²) >= 11 is 12.6. The van der Waals surface area contributed by atoms with E-state index < -0.39 is 16.0 Å². The van der Waals surface area contributed by atoms with E-state index in [9.17, 15) is 18.0 Å². The van der Waals surface area contributed by atoms with Crippen LogP contribution >= 0.6 is 23.2 Å². The summed E-state index contributed by atoms with van der Waals surface area (Å²) in [5.74, 6) is 0.921. The van der Waals surface area contributed by atoms with Crippen molar-refractivity contribution in [3.63, 3.8) is 0 Å². The van der Waals surface area contributed by atoms with Crippen LogP contribution in [0.1, 0.15) is 55.8 Å². The van der Waals surface area contributed by atoms with E-state index in [0.717, 1.165) is 25.3 Å². The minimum absolute atomic E-state index is 0.0332. The van der Waals surface area contributed by atoms with Crippen LogP contribution in [0.4, 0.5) is 5.69 Å². The molecule has 36 heavy (non-hydrogen) atoms. The normalized spacial score (nSPS) is 26.6. The lowest BCUT2D eigenvalue weighted by Crippen LogP contribution is -2.51. The molecule has 0 aromatic heterocycles. The molecule has 6 rings (SSSR count). The molecule has 4 aliphatic carbocycles. The predicted octanol–water partition coefficient (Wildman–Crippen LogP) is 6.15. The quantitative estimate of drug-likeness (QED) is 0.369. The zero-order chi connectivity index (χ0) is 25.7. The fourth-order valence-corrected chi connectivity index (χ4v) is 9.20. The molecule has 4 aliphatic rings. The molecule has 2 aromatic rings. The Hall–Kier alpha value is -2.09. The van der Waals surface area contributed by atoms with E-state index in [1.54, 1.807) is 37.3 Å². The number of carbonyl (C=O) groups excluding carboxylic acids is 2. The van der Waals surface area contributed by atoms with Gasteiger partial charge < -0.3 is 4.74 Å². The number of Topliss-reactive ketones (excluding diaryl/α,β-unsaturated/α-hetero) is 1. The first kappa shape index (κ1) is 25.6. The summed E-state index contributed by atoms with van der Waals surface area (Å²) in [6, 6.07) is 11.0. The van der Waals surface area contributed by atoms with Gasteiger partial charge in [0.1, 0.15) is 4.90 Å². The standard InChI is InChI=1S/C27H29Cl2NO5S/c1-2-30(20-6-4-3-5-7-20)36(33,34)24-11-21(22(28)12-23(24)29)26(32)35-16-25(31)27-13-17-8-18(14-27)10-19(9-17)15-27/h3-7,11-12,17-19H,2,8-10,13-16H2,1H3. The van der Waals surface area contributed by atoms with Gasteiger partial charge in [-0.2, -0.15) is 0 Å². The smallest absolute Gasteiger partial charge is 0.340 e. The second kappa shape index (κ2) is 9.66. The van der Waals surface area contributed by atoms with Crippen molar-refractivity contribution in [2.24, 2.45) is 23.2 Å². The van der Waals surface area contributed by atoms with E-state index in [2.05, 4.69) is 0 Å². The average Bonchev–Trinajstić information content (AvgIpc) is 2.82. The van der Waals surface area contributed by atoms with Gasteiger partial charge in [0.2, 0.25) is 0 Å². The maximum absolute atomic E-state index is 13.5. The van der Waals surface area contributed by atoms with Gasteiger partial charge in [-0.05, 0) is 87.5 Å². The molecule has 0 saturated heterocycles. The second-order valence-corrected chi connectivity index (χ2v) is 13.1. The Labute approximate surface area is 222 Å². The first-order valence-electron chi connectivity index (χ1n) is 12.4. The average molecular weight is 551 g/mol. The van der Waals surface area contributed by atoms with Gasteiger partial charge in [0.05, 0.1) is 21.3 Å². The Morgan fingerprint density at radius 3 is 2.11 bits per heavy atom. The lowest BCUT2D eigenvalue weighted by atomic mass is 9.48. The first-order valence-corrected chi connectivity index (χ1v) is 14.6. The molecule has 2 aromatic carbocycles. The minimum atomic E-state index is -4.10. The number of sulfonamides is 1. The van der Waals surface area contributed by atoms with Crippen LogP contribution < -0.4 is 4.31 Å². The van der Waals surface area contributed by atoms with E-state index in [1.807, 2.05) is 0 Å². The van der Waals surface area contributed by atoms with E-state index in [4.69, 9.17) is 27.9 Å². The number of anilines is 1. The minimum Gasteiger partial charge on any atom is -0.454 e. The van der Waals surface area contributed by atoms with Crippen LogP contribution in [0.3, 0.4) is 0 Å². The Bertz CT molecular complexity index is 1260. The molecule has 6 nitrogen and oxygen atoms in total. The molecule has 0 spiro atoms. The Morgan fingerprint density at radius 2 is 1.56 bits per heavy atom. The highest BCUT2D eigenvalue weighted by atomic mass is 35.5. The Kier molecular flexibility index (Phi) is 6.85. The molecule has 0 unspecified atom stereocenters. The van der Waals surface area contributed by atoms with Crippen molar-refractivity contribution in [1.29, 1.82) is 0 Å². The van der Waals surface area contributed by atoms with Crippen LogP contribution in [-0.4, -0.2) is 33.3 Å². The molecule has 4 fully saturated rings. The third-order valence-electron chi connectivity index (χ3n) is 8.11. The lowest BCUT2D eigenvalue weighted by Gasteiger charge is -2.55. The summed E-state index contributed by atoms with van der Waals surface area (Å²) < 4.78 is 33.6. The van der Waals surface area contributed by atoms with Crippen molar-refractivity contribution < 1.29 is 22.7 Å². The predicted molar refractivity (Wildman–Crippen MR) is 139 cm³/mol. The SMILES string of the molecule is CCN(c1ccccc1)S(=O)(=O)c1cc(C(=O)OCC(=O)C23CC4CC(CC(C4)C2)C3)c(Cl)cc1Cl. The molecule has 0 atom stereocenters.